The predicted octanol–water partition coefficient (Wildman–Crippen LogP) is 2.57. The molecule has 0 bridgehead atoms. The van der Waals surface area contributed by atoms with Gasteiger partial charge < -0.3 is 10.2 Å². The third-order valence-corrected chi connectivity index (χ3v) is 4.32. The van der Waals surface area contributed by atoms with E-state index in [1.807, 2.05) is 6.07 Å². The molecule has 2 aromatic carbocycles. The SMILES string of the molecule is O=C(NCC(=O)N1CC[C@H](c2ccc(F)cc2)C1)c1ccccc1. The summed E-state index contributed by atoms with van der Waals surface area (Å²) in [5.74, 6) is -0.380. The third-order valence-electron chi connectivity index (χ3n) is 4.32. The van der Waals surface area contributed by atoms with Gasteiger partial charge in [0.15, 0.2) is 0 Å². The predicted molar refractivity (Wildman–Crippen MR) is 89.1 cm³/mol. The lowest BCUT2D eigenvalue weighted by Crippen LogP contribution is -2.39. The van der Waals surface area contributed by atoms with Crippen molar-refractivity contribution < 1.29 is 14.0 Å². The van der Waals surface area contributed by atoms with Gasteiger partial charge >= 0.3 is 0 Å². The Morgan fingerprint density at radius 2 is 1.79 bits per heavy atom. The summed E-state index contributed by atoms with van der Waals surface area (Å²) in [7, 11) is 0. The van der Waals surface area contributed by atoms with E-state index < -0.39 is 0 Å². The highest BCUT2D eigenvalue weighted by Gasteiger charge is 2.27. The standard InChI is InChI=1S/C19H19FN2O2/c20-17-8-6-14(7-9-17)16-10-11-22(13-16)18(23)12-21-19(24)15-4-2-1-3-5-15/h1-9,16H,10-13H2,(H,21,24)/t16-/m0/s1. The van der Waals surface area contributed by atoms with E-state index in [2.05, 4.69) is 5.32 Å². The van der Waals surface area contributed by atoms with Crippen molar-refractivity contribution in [1.82, 2.24) is 10.2 Å². The summed E-state index contributed by atoms with van der Waals surface area (Å²) in [4.78, 5) is 26.0. The maximum absolute atomic E-state index is 13.0. The van der Waals surface area contributed by atoms with Gasteiger partial charge in [0.1, 0.15) is 5.82 Å². The molecule has 1 fully saturated rings. The van der Waals surface area contributed by atoms with Crippen LogP contribution in [0.1, 0.15) is 28.3 Å². The molecule has 1 heterocycles. The van der Waals surface area contributed by atoms with Gasteiger partial charge in [0.05, 0.1) is 6.54 Å². The van der Waals surface area contributed by atoms with Gasteiger partial charge in [-0.25, -0.2) is 4.39 Å². The molecule has 124 valence electrons. The van der Waals surface area contributed by atoms with Crippen LogP contribution < -0.4 is 5.32 Å². The van der Waals surface area contributed by atoms with E-state index in [1.54, 1.807) is 41.3 Å². The van der Waals surface area contributed by atoms with Crippen LogP contribution in [0.5, 0.6) is 0 Å². The Morgan fingerprint density at radius 3 is 2.50 bits per heavy atom. The normalized spacial score (nSPS) is 16.9. The quantitative estimate of drug-likeness (QED) is 0.939. The number of hydrogen-bond acceptors (Lipinski definition) is 2. The molecule has 4 nitrogen and oxygen atoms in total. The molecule has 1 N–H and O–H groups in total. The average molecular weight is 326 g/mol. The maximum atomic E-state index is 13.0. The second kappa shape index (κ2) is 7.25. The second-order valence-electron chi connectivity index (χ2n) is 5.93. The smallest absolute Gasteiger partial charge is 0.251 e. The van der Waals surface area contributed by atoms with Crippen LogP contribution in [-0.4, -0.2) is 36.3 Å². The van der Waals surface area contributed by atoms with Crippen LogP contribution in [0.3, 0.4) is 0 Å². The van der Waals surface area contributed by atoms with Crippen LogP contribution in [0, 0.1) is 5.82 Å². The van der Waals surface area contributed by atoms with Crippen LogP contribution in [0.15, 0.2) is 54.6 Å². The van der Waals surface area contributed by atoms with Crippen LogP contribution >= 0.6 is 0 Å². The van der Waals surface area contributed by atoms with Crippen LogP contribution in [-0.2, 0) is 4.79 Å². The highest BCUT2D eigenvalue weighted by molar-refractivity contribution is 5.96. The Morgan fingerprint density at radius 1 is 1.08 bits per heavy atom. The Bertz CT molecular complexity index is 716. The summed E-state index contributed by atoms with van der Waals surface area (Å²) in [5.41, 5.74) is 1.58. The van der Waals surface area contributed by atoms with Gasteiger partial charge in [-0.1, -0.05) is 30.3 Å². The molecule has 1 atom stereocenters. The zero-order valence-electron chi connectivity index (χ0n) is 13.2. The average Bonchev–Trinajstić information content (AvgIpc) is 3.11. The van der Waals surface area contributed by atoms with Crippen molar-refractivity contribution in [2.75, 3.05) is 19.6 Å². The molecule has 0 aliphatic carbocycles. The van der Waals surface area contributed by atoms with Crippen molar-refractivity contribution in [3.8, 4) is 0 Å². The van der Waals surface area contributed by atoms with Crippen molar-refractivity contribution in [2.45, 2.75) is 12.3 Å². The molecule has 5 heteroatoms. The summed E-state index contributed by atoms with van der Waals surface area (Å²) in [6.07, 6.45) is 0.851. The van der Waals surface area contributed by atoms with E-state index in [0.717, 1.165) is 12.0 Å². The third kappa shape index (κ3) is 3.79. The minimum atomic E-state index is -0.256. The van der Waals surface area contributed by atoms with Gasteiger partial charge in [0, 0.05) is 24.6 Å². The van der Waals surface area contributed by atoms with Crippen molar-refractivity contribution in [3.05, 3.63) is 71.5 Å². The van der Waals surface area contributed by atoms with E-state index in [1.165, 1.54) is 12.1 Å². The number of benzene rings is 2. The minimum Gasteiger partial charge on any atom is -0.343 e. The lowest BCUT2D eigenvalue weighted by molar-refractivity contribution is -0.129. The van der Waals surface area contributed by atoms with E-state index in [0.29, 0.717) is 18.7 Å². The highest BCUT2D eigenvalue weighted by atomic mass is 19.1. The number of nitrogens with one attached hydrogen (secondary N) is 1. The molecule has 0 radical (unpaired) electrons. The van der Waals surface area contributed by atoms with Gasteiger partial charge in [-0.15, -0.1) is 0 Å². The Labute approximate surface area is 140 Å². The van der Waals surface area contributed by atoms with Crippen molar-refractivity contribution in [2.24, 2.45) is 0 Å². The lowest BCUT2D eigenvalue weighted by atomic mass is 9.99. The molecule has 0 aromatic heterocycles. The van der Waals surface area contributed by atoms with Gasteiger partial charge in [-0.3, -0.25) is 9.59 Å². The molecule has 1 saturated heterocycles. The molecule has 3 rings (SSSR count). The molecule has 2 amide bonds. The summed E-state index contributed by atoms with van der Waals surface area (Å²) in [5, 5.41) is 2.66. The first kappa shape index (κ1) is 16.2. The number of carbonyl (C=O) groups is 2. The van der Waals surface area contributed by atoms with Crippen molar-refractivity contribution in [1.29, 1.82) is 0 Å². The monoisotopic (exact) mass is 326 g/mol. The minimum absolute atomic E-state index is 0.0101. The molecule has 2 aromatic rings. The van der Waals surface area contributed by atoms with Crippen molar-refractivity contribution >= 4 is 11.8 Å². The Hall–Kier alpha value is -2.69. The van der Waals surface area contributed by atoms with E-state index in [9.17, 15) is 14.0 Å². The maximum Gasteiger partial charge on any atom is 0.251 e. The molecule has 24 heavy (non-hydrogen) atoms. The van der Waals surface area contributed by atoms with Gasteiger partial charge in [-0.05, 0) is 36.2 Å². The van der Waals surface area contributed by atoms with Gasteiger partial charge in [0.25, 0.3) is 5.91 Å². The summed E-state index contributed by atoms with van der Waals surface area (Å²) in [6, 6.07) is 15.2. The largest absolute Gasteiger partial charge is 0.343 e. The first-order chi connectivity index (χ1) is 11.6. The number of likely N-dealkylation sites (tertiary alicyclic amines) is 1. The fraction of sp³-hybridized carbons (Fsp3) is 0.263. The summed E-state index contributed by atoms with van der Waals surface area (Å²) < 4.78 is 13.0. The number of nitrogens with zero attached hydrogens (tertiary/aromatic N) is 1. The second-order valence-corrected chi connectivity index (χ2v) is 5.93. The van der Waals surface area contributed by atoms with E-state index in [-0.39, 0.29) is 30.1 Å². The van der Waals surface area contributed by atoms with E-state index >= 15 is 0 Å². The lowest BCUT2D eigenvalue weighted by Gasteiger charge is -2.17. The fourth-order valence-corrected chi connectivity index (χ4v) is 2.95. The molecule has 0 saturated carbocycles. The first-order valence-corrected chi connectivity index (χ1v) is 8.00. The number of carbonyl (C=O) groups excluding carboxylic acids is 2. The number of hydrogen-bond donors (Lipinski definition) is 1. The Balaban J connectivity index is 1.51. The van der Waals surface area contributed by atoms with E-state index in [4.69, 9.17) is 0 Å². The van der Waals surface area contributed by atoms with Crippen LogP contribution in [0.4, 0.5) is 4.39 Å². The van der Waals surface area contributed by atoms with Gasteiger partial charge in [0.2, 0.25) is 5.91 Å². The molecule has 0 spiro atoms. The fourth-order valence-electron chi connectivity index (χ4n) is 2.95. The number of halogens is 1. The highest BCUT2D eigenvalue weighted by Crippen LogP contribution is 2.27. The number of amides is 2. The van der Waals surface area contributed by atoms with Crippen LogP contribution in [0.2, 0.25) is 0 Å². The molecule has 1 aliphatic rings. The summed E-state index contributed by atoms with van der Waals surface area (Å²) >= 11 is 0. The molecule has 0 unspecified atom stereocenters. The first-order valence-electron chi connectivity index (χ1n) is 8.00. The van der Waals surface area contributed by atoms with Crippen molar-refractivity contribution in [3.63, 3.8) is 0 Å². The zero-order chi connectivity index (χ0) is 16.9. The molecular weight excluding hydrogens is 307 g/mol. The zero-order valence-corrected chi connectivity index (χ0v) is 13.2. The summed E-state index contributed by atoms with van der Waals surface area (Å²) in [6.45, 7) is 1.25. The topological polar surface area (TPSA) is 49.4 Å². The Kier molecular flexibility index (Phi) is 4.89. The van der Waals surface area contributed by atoms with Crippen LogP contribution in [0.25, 0.3) is 0 Å². The molecule has 1 aliphatic heterocycles. The molecular formula is C19H19FN2O2. The van der Waals surface area contributed by atoms with Gasteiger partial charge in [-0.2, -0.15) is 0 Å². The number of rotatable bonds is 4.